The number of carbonyl (C=O) groups excluding carboxylic acids is 2. The molecule has 4 heteroatoms. The SMILES string of the molecule is C#CCCC[C@H](NC(=O)Cc1ccc2ccccc2c1)C(=O)OC. The van der Waals surface area contributed by atoms with Gasteiger partial charge in [-0.2, -0.15) is 0 Å². The average molecular weight is 323 g/mol. The van der Waals surface area contributed by atoms with E-state index < -0.39 is 12.0 Å². The summed E-state index contributed by atoms with van der Waals surface area (Å²) in [6, 6.07) is 13.2. The van der Waals surface area contributed by atoms with E-state index in [1.165, 1.54) is 7.11 Å². The van der Waals surface area contributed by atoms with Gasteiger partial charge >= 0.3 is 5.97 Å². The maximum Gasteiger partial charge on any atom is 0.328 e. The van der Waals surface area contributed by atoms with E-state index in [2.05, 4.69) is 11.2 Å². The van der Waals surface area contributed by atoms with E-state index >= 15 is 0 Å². The lowest BCUT2D eigenvalue weighted by Crippen LogP contribution is -2.42. The van der Waals surface area contributed by atoms with Crippen LogP contribution in [0.1, 0.15) is 24.8 Å². The minimum Gasteiger partial charge on any atom is -0.467 e. The summed E-state index contributed by atoms with van der Waals surface area (Å²) in [7, 11) is 1.31. The number of hydrogen-bond acceptors (Lipinski definition) is 3. The number of hydrogen-bond donors (Lipinski definition) is 1. The molecule has 0 aliphatic heterocycles. The first-order chi connectivity index (χ1) is 11.6. The van der Waals surface area contributed by atoms with Crippen LogP contribution in [-0.4, -0.2) is 25.0 Å². The van der Waals surface area contributed by atoms with Crippen LogP contribution < -0.4 is 5.32 Å². The molecule has 0 radical (unpaired) electrons. The van der Waals surface area contributed by atoms with Crippen molar-refractivity contribution in [2.45, 2.75) is 31.7 Å². The van der Waals surface area contributed by atoms with Gasteiger partial charge in [-0.1, -0.05) is 42.5 Å². The second-order valence-corrected chi connectivity index (χ2v) is 5.60. The van der Waals surface area contributed by atoms with Gasteiger partial charge in [-0.15, -0.1) is 12.3 Å². The van der Waals surface area contributed by atoms with Crippen LogP contribution in [0.3, 0.4) is 0 Å². The Morgan fingerprint density at radius 3 is 2.67 bits per heavy atom. The number of carbonyl (C=O) groups is 2. The van der Waals surface area contributed by atoms with Gasteiger partial charge < -0.3 is 10.1 Å². The highest BCUT2D eigenvalue weighted by molar-refractivity contribution is 5.87. The Kier molecular flexibility index (Phi) is 6.39. The topological polar surface area (TPSA) is 55.4 Å². The van der Waals surface area contributed by atoms with Crippen molar-refractivity contribution in [3.63, 3.8) is 0 Å². The van der Waals surface area contributed by atoms with Crippen molar-refractivity contribution in [3.8, 4) is 12.3 Å². The van der Waals surface area contributed by atoms with E-state index in [4.69, 9.17) is 11.2 Å². The van der Waals surface area contributed by atoms with Crippen molar-refractivity contribution < 1.29 is 14.3 Å². The largest absolute Gasteiger partial charge is 0.467 e. The van der Waals surface area contributed by atoms with Crippen LogP contribution in [0.15, 0.2) is 42.5 Å². The van der Waals surface area contributed by atoms with Crippen molar-refractivity contribution in [2.24, 2.45) is 0 Å². The molecule has 2 aromatic rings. The van der Waals surface area contributed by atoms with Crippen LogP contribution in [0.25, 0.3) is 10.8 Å². The minimum absolute atomic E-state index is 0.207. The second-order valence-electron chi connectivity index (χ2n) is 5.60. The molecule has 2 rings (SSSR count). The maximum absolute atomic E-state index is 12.3. The number of nitrogens with one attached hydrogen (secondary N) is 1. The number of ether oxygens (including phenoxy) is 1. The Morgan fingerprint density at radius 1 is 1.21 bits per heavy atom. The molecular formula is C20H21NO3. The fourth-order valence-electron chi connectivity index (χ4n) is 2.58. The number of amides is 1. The zero-order chi connectivity index (χ0) is 17.4. The van der Waals surface area contributed by atoms with Crippen molar-refractivity contribution in [2.75, 3.05) is 7.11 Å². The standard InChI is InChI=1S/C20H21NO3/c1-3-4-5-10-18(20(23)24-2)21-19(22)14-15-11-12-16-8-6-7-9-17(16)13-15/h1,6-9,11-13,18H,4-5,10,14H2,2H3,(H,21,22)/t18-/m0/s1. The van der Waals surface area contributed by atoms with Crippen LogP contribution >= 0.6 is 0 Å². The van der Waals surface area contributed by atoms with Crippen molar-refractivity contribution in [1.29, 1.82) is 0 Å². The highest BCUT2D eigenvalue weighted by atomic mass is 16.5. The molecule has 0 aliphatic carbocycles. The number of esters is 1. The van der Waals surface area contributed by atoms with Crippen LogP contribution in [-0.2, 0) is 20.7 Å². The molecule has 24 heavy (non-hydrogen) atoms. The zero-order valence-electron chi connectivity index (χ0n) is 13.7. The molecule has 1 N–H and O–H groups in total. The van der Waals surface area contributed by atoms with Crippen LogP contribution in [0.4, 0.5) is 0 Å². The van der Waals surface area contributed by atoms with Gasteiger partial charge in [0.15, 0.2) is 0 Å². The first-order valence-electron chi connectivity index (χ1n) is 7.92. The van der Waals surface area contributed by atoms with Gasteiger partial charge in [-0.3, -0.25) is 4.79 Å². The van der Waals surface area contributed by atoms with E-state index in [1.807, 2.05) is 42.5 Å². The summed E-state index contributed by atoms with van der Waals surface area (Å²) in [5.41, 5.74) is 0.901. The van der Waals surface area contributed by atoms with Gasteiger partial charge in [0.2, 0.25) is 5.91 Å². The van der Waals surface area contributed by atoms with E-state index in [9.17, 15) is 9.59 Å². The van der Waals surface area contributed by atoms with Gasteiger partial charge in [0, 0.05) is 6.42 Å². The Bertz CT molecular complexity index is 761. The fourth-order valence-corrected chi connectivity index (χ4v) is 2.58. The van der Waals surface area contributed by atoms with Crippen LogP contribution in [0.5, 0.6) is 0 Å². The summed E-state index contributed by atoms with van der Waals surface area (Å²) in [6.07, 6.45) is 7.13. The zero-order valence-corrected chi connectivity index (χ0v) is 13.7. The monoisotopic (exact) mass is 323 g/mol. The molecule has 0 aliphatic rings. The summed E-state index contributed by atoms with van der Waals surface area (Å²) in [5, 5.41) is 4.95. The van der Waals surface area contributed by atoms with Gasteiger partial charge in [-0.25, -0.2) is 4.79 Å². The Hall–Kier alpha value is -2.80. The Morgan fingerprint density at radius 2 is 1.96 bits per heavy atom. The van der Waals surface area contributed by atoms with E-state index in [1.54, 1.807) is 0 Å². The quantitative estimate of drug-likeness (QED) is 0.484. The van der Waals surface area contributed by atoms with Crippen molar-refractivity contribution >= 4 is 22.6 Å². The fraction of sp³-hybridized carbons (Fsp3) is 0.300. The van der Waals surface area contributed by atoms with E-state index in [-0.39, 0.29) is 12.3 Å². The molecule has 0 spiro atoms. The van der Waals surface area contributed by atoms with Gasteiger partial charge in [-0.05, 0) is 29.2 Å². The molecule has 0 unspecified atom stereocenters. The molecule has 0 aromatic heterocycles. The molecule has 0 fully saturated rings. The Balaban J connectivity index is 2.00. The molecule has 124 valence electrons. The first-order valence-corrected chi connectivity index (χ1v) is 7.92. The van der Waals surface area contributed by atoms with E-state index in [0.29, 0.717) is 19.3 Å². The lowest BCUT2D eigenvalue weighted by atomic mass is 10.0. The summed E-state index contributed by atoms with van der Waals surface area (Å²) < 4.78 is 4.75. The first kappa shape index (κ1) is 17.6. The second kappa shape index (κ2) is 8.73. The molecule has 0 saturated heterocycles. The number of rotatable bonds is 7. The predicted molar refractivity (Wildman–Crippen MR) is 94.3 cm³/mol. The highest BCUT2D eigenvalue weighted by Crippen LogP contribution is 2.16. The number of methoxy groups -OCH3 is 1. The summed E-state index contributed by atoms with van der Waals surface area (Å²) >= 11 is 0. The van der Waals surface area contributed by atoms with Crippen LogP contribution in [0.2, 0.25) is 0 Å². The highest BCUT2D eigenvalue weighted by Gasteiger charge is 2.20. The van der Waals surface area contributed by atoms with Crippen LogP contribution in [0, 0.1) is 12.3 Å². The molecule has 0 bridgehead atoms. The molecule has 0 saturated carbocycles. The van der Waals surface area contributed by atoms with Crippen molar-refractivity contribution in [1.82, 2.24) is 5.32 Å². The molecule has 1 amide bonds. The predicted octanol–water partition coefficient (Wildman–Crippen LogP) is 2.84. The normalized spacial score (nSPS) is 11.5. The molecule has 4 nitrogen and oxygen atoms in total. The van der Waals surface area contributed by atoms with Crippen molar-refractivity contribution in [3.05, 3.63) is 48.0 Å². The number of fused-ring (bicyclic) bond motifs is 1. The van der Waals surface area contributed by atoms with Gasteiger partial charge in [0.05, 0.1) is 13.5 Å². The number of benzene rings is 2. The van der Waals surface area contributed by atoms with Gasteiger partial charge in [0.25, 0.3) is 0 Å². The number of terminal acetylenes is 1. The molecular weight excluding hydrogens is 302 g/mol. The van der Waals surface area contributed by atoms with E-state index in [0.717, 1.165) is 16.3 Å². The molecule has 1 atom stereocenters. The third kappa shape index (κ3) is 4.85. The minimum atomic E-state index is -0.656. The smallest absolute Gasteiger partial charge is 0.328 e. The maximum atomic E-state index is 12.3. The average Bonchev–Trinajstić information content (AvgIpc) is 2.60. The lowest BCUT2D eigenvalue weighted by molar-refractivity contribution is -0.145. The third-order valence-corrected chi connectivity index (χ3v) is 3.81. The molecule has 0 heterocycles. The summed E-state index contributed by atoms with van der Waals surface area (Å²) in [6.45, 7) is 0. The van der Waals surface area contributed by atoms with Gasteiger partial charge in [0.1, 0.15) is 6.04 Å². The lowest BCUT2D eigenvalue weighted by Gasteiger charge is -2.16. The third-order valence-electron chi connectivity index (χ3n) is 3.81. The number of unbranched alkanes of at least 4 members (excludes halogenated alkanes) is 1. The summed E-state index contributed by atoms with van der Waals surface area (Å²) in [4.78, 5) is 24.0. The summed E-state index contributed by atoms with van der Waals surface area (Å²) in [5.74, 6) is 1.87. The molecule has 2 aromatic carbocycles. The Labute approximate surface area is 142 Å².